The Labute approximate surface area is 205 Å². The molecule has 0 aromatic heterocycles. The van der Waals surface area contributed by atoms with Gasteiger partial charge in [-0.3, -0.25) is 4.79 Å². The smallest absolute Gasteiger partial charge is 0.324 e. The third-order valence-electron chi connectivity index (χ3n) is 4.83. The van der Waals surface area contributed by atoms with Crippen LogP contribution in [0.5, 0.6) is 0 Å². The average Bonchev–Trinajstić information content (AvgIpc) is 2.75. The fourth-order valence-electron chi connectivity index (χ4n) is 3.12. The Bertz CT molecular complexity index is 1300. The second-order valence-electron chi connectivity index (χ2n) is 7.43. The number of anilines is 1. The monoisotopic (exact) mass is 530 g/mol. The van der Waals surface area contributed by atoms with E-state index < -0.39 is 39.9 Å². The molecule has 5 nitrogen and oxygen atoms in total. The molecule has 11 heteroatoms. The average molecular weight is 531 g/mol. The van der Waals surface area contributed by atoms with Gasteiger partial charge in [0.25, 0.3) is 0 Å². The van der Waals surface area contributed by atoms with Crippen molar-refractivity contribution in [3.8, 4) is 0 Å². The molecule has 0 radical (unpaired) electrons. The van der Waals surface area contributed by atoms with E-state index in [1.165, 1.54) is 36.4 Å². The van der Waals surface area contributed by atoms with Crippen molar-refractivity contribution in [1.29, 1.82) is 0 Å². The van der Waals surface area contributed by atoms with Crippen LogP contribution in [0.3, 0.4) is 0 Å². The molecule has 34 heavy (non-hydrogen) atoms. The van der Waals surface area contributed by atoms with E-state index in [1.807, 2.05) is 0 Å². The first kappa shape index (κ1) is 26.0. The van der Waals surface area contributed by atoms with E-state index in [0.717, 1.165) is 22.0 Å². The maximum Gasteiger partial charge on any atom is 0.418 e. The lowest BCUT2D eigenvalue weighted by atomic mass is 10.1. The Kier molecular flexibility index (Phi) is 7.92. The summed E-state index contributed by atoms with van der Waals surface area (Å²) in [5, 5.41) is 2.63. The molecular formula is C23H19Cl2F3N2O3S. The third-order valence-corrected chi connectivity index (χ3v) is 7.37. The van der Waals surface area contributed by atoms with Gasteiger partial charge in [-0.05, 0) is 48.9 Å². The Hall–Kier alpha value is -2.59. The summed E-state index contributed by atoms with van der Waals surface area (Å²) in [4.78, 5) is 12.6. The first-order valence-electron chi connectivity index (χ1n) is 9.85. The second kappa shape index (κ2) is 10.4. The molecule has 0 saturated heterocycles. The number of hydrogen-bond donors (Lipinski definition) is 1. The number of alkyl halides is 3. The maximum atomic E-state index is 13.3. The molecule has 0 spiro atoms. The first-order chi connectivity index (χ1) is 15.9. The molecule has 1 N–H and O–H groups in total. The van der Waals surface area contributed by atoms with E-state index in [1.54, 1.807) is 25.1 Å². The van der Waals surface area contributed by atoms with Crippen LogP contribution in [-0.4, -0.2) is 25.2 Å². The zero-order chi connectivity index (χ0) is 25.1. The van der Waals surface area contributed by atoms with E-state index in [-0.39, 0.29) is 21.5 Å². The highest BCUT2D eigenvalue weighted by Crippen LogP contribution is 2.34. The van der Waals surface area contributed by atoms with Crippen LogP contribution in [0.25, 0.3) is 0 Å². The molecule has 180 valence electrons. The number of aryl methyl sites for hydroxylation is 1. The van der Waals surface area contributed by atoms with Crippen molar-refractivity contribution in [3.63, 3.8) is 0 Å². The SMILES string of the molecule is Cc1ccc(S(=O)(=O)N(CC(=O)Nc2ccccc2C(F)(F)F)Cc2ccc(Cl)c(Cl)c2)cc1. The maximum absolute atomic E-state index is 13.3. The van der Waals surface area contributed by atoms with E-state index in [0.29, 0.717) is 5.56 Å². The summed E-state index contributed by atoms with van der Waals surface area (Å²) in [5.74, 6) is -0.938. The number of halogens is 5. The number of carbonyl (C=O) groups excluding carboxylic acids is 1. The van der Waals surface area contributed by atoms with Crippen LogP contribution in [0.4, 0.5) is 18.9 Å². The van der Waals surface area contributed by atoms with Gasteiger partial charge in [-0.1, -0.05) is 59.1 Å². The minimum atomic E-state index is -4.70. The van der Waals surface area contributed by atoms with Crippen molar-refractivity contribution in [2.24, 2.45) is 0 Å². The zero-order valence-corrected chi connectivity index (χ0v) is 20.1. The molecule has 0 heterocycles. The summed E-state index contributed by atoms with van der Waals surface area (Å²) in [7, 11) is -4.19. The molecule has 1 amide bonds. The number of benzene rings is 3. The minimum absolute atomic E-state index is 0.0679. The molecule has 0 aliphatic heterocycles. The van der Waals surface area contributed by atoms with Crippen LogP contribution in [0.15, 0.2) is 71.6 Å². The van der Waals surface area contributed by atoms with Crippen molar-refractivity contribution >= 4 is 44.8 Å². The van der Waals surface area contributed by atoms with Crippen molar-refractivity contribution in [2.75, 3.05) is 11.9 Å². The van der Waals surface area contributed by atoms with Gasteiger partial charge in [-0.25, -0.2) is 8.42 Å². The van der Waals surface area contributed by atoms with E-state index >= 15 is 0 Å². The highest BCUT2D eigenvalue weighted by molar-refractivity contribution is 7.89. The van der Waals surface area contributed by atoms with Crippen molar-refractivity contribution in [2.45, 2.75) is 24.5 Å². The van der Waals surface area contributed by atoms with Gasteiger partial charge in [0.1, 0.15) is 0 Å². The van der Waals surface area contributed by atoms with Gasteiger partial charge < -0.3 is 5.32 Å². The predicted molar refractivity (Wildman–Crippen MR) is 125 cm³/mol. The molecule has 0 fully saturated rings. The molecule has 3 rings (SSSR count). The van der Waals surface area contributed by atoms with Crippen molar-refractivity contribution in [3.05, 3.63) is 93.5 Å². The second-order valence-corrected chi connectivity index (χ2v) is 10.2. The summed E-state index contributed by atoms with van der Waals surface area (Å²) < 4.78 is 67.4. The number of hydrogen-bond acceptors (Lipinski definition) is 3. The Morgan fingerprint density at radius 2 is 1.62 bits per heavy atom. The number of rotatable bonds is 7. The number of nitrogens with zero attached hydrogens (tertiary/aromatic N) is 1. The zero-order valence-electron chi connectivity index (χ0n) is 17.7. The fourth-order valence-corrected chi connectivity index (χ4v) is 4.82. The van der Waals surface area contributed by atoms with Gasteiger partial charge in [-0.15, -0.1) is 0 Å². The van der Waals surface area contributed by atoms with Gasteiger partial charge in [0.2, 0.25) is 15.9 Å². The summed E-state index contributed by atoms with van der Waals surface area (Å²) in [6.07, 6.45) is -4.70. The standard InChI is InChI=1S/C23H19Cl2F3N2O3S/c1-15-6-9-17(10-7-15)34(32,33)30(13-16-8-11-19(24)20(25)12-16)14-22(31)29-21-5-3-2-4-18(21)23(26,27)28/h2-12H,13-14H2,1H3,(H,29,31). The molecule has 0 unspecified atom stereocenters. The van der Waals surface area contributed by atoms with Crippen molar-refractivity contribution in [1.82, 2.24) is 4.31 Å². The number of amides is 1. The molecule has 0 aliphatic carbocycles. The lowest BCUT2D eigenvalue weighted by molar-refractivity contribution is -0.137. The molecule has 3 aromatic carbocycles. The van der Waals surface area contributed by atoms with E-state index in [2.05, 4.69) is 5.32 Å². The topological polar surface area (TPSA) is 66.5 Å². The quantitative estimate of drug-likeness (QED) is 0.398. The van der Waals surface area contributed by atoms with Crippen LogP contribution < -0.4 is 5.32 Å². The Balaban J connectivity index is 1.93. The van der Waals surface area contributed by atoms with Crippen molar-refractivity contribution < 1.29 is 26.4 Å². The third kappa shape index (κ3) is 6.29. The molecule has 3 aromatic rings. The van der Waals surface area contributed by atoms with Crippen LogP contribution in [0.1, 0.15) is 16.7 Å². The summed E-state index contributed by atoms with van der Waals surface area (Å²) in [6.45, 7) is 0.791. The summed E-state index contributed by atoms with van der Waals surface area (Å²) in [5.41, 5.74) is -0.243. The summed E-state index contributed by atoms with van der Waals surface area (Å²) >= 11 is 12.0. The summed E-state index contributed by atoms with van der Waals surface area (Å²) in [6, 6.07) is 14.9. The molecule has 0 aliphatic rings. The van der Waals surface area contributed by atoms with Gasteiger partial charge in [0.15, 0.2) is 0 Å². The van der Waals surface area contributed by atoms with Gasteiger partial charge in [-0.2, -0.15) is 17.5 Å². The lowest BCUT2D eigenvalue weighted by Gasteiger charge is -2.23. The number of carbonyl (C=O) groups is 1. The number of sulfonamides is 1. The largest absolute Gasteiger partial charge is 0.418 e. The van der Waals surface area contributed by atoms with E-state index in [9.17, 15) is 26.4 Å². The molecular weight excluding hydrogens is 512 g/mol. The highest BCUT2D eigenvalue weighted by Gasteiger charge is 2.34. The normalized spacial score (nSPS) is 12.1. The predicted octanol–water partition coefficient (Wildman–Crippen LogP) is 6.15. The van der Waals surface area contributed by atoms with Gasteiger partial charge in [0.05, 0.1) is 32.7 Å². The Morgan fingerprint density at radius 1 is 0.971 bits per heavy atom. The minimum Gasteiger partial charge on any atom is -0.324 e. The van der Waals surface area contributed by atoms with Crippen LogP contribution in [0.2, 0.25) is 10.0 Å². The number of para-hydroxylation sites is 1. The first-order valence-corrected chi connectivity index (χ1v) is 12.0. The molecule has 0 atom stereocenters. The molecule has 0 saturated carbocycles. The van der Waals surface area contributed by atoms with Gasteiger partial charge in [0, 0.05) is 6.54 Å². The highest BCUT2D eigenvalue weighted by atomic mass is 35.5. The van der Waals surface area contributed by atoms with Crippen LogP contribution in [-0.2, 0) is 27.5 Å². The Morgan fingerprint density at radius 3 is 2.24 bits per heavy atom. The van der Waals surface area contributed by atoms with E-state index in [4.69, 9.17) is 23.2 Å². The lowest BCUT2D eigenvalue weighted by Crippen LogP contribution is -2.37. The van der Waals surface area contributed by atoms with Crippen LogP contribution in [0, 0.1) is 6.92 Å². The van der Waals surface area contributed by atoms with Crippen LogP contribution >= 0.6 is 23.2 Å². The van der Waals surface area contributed by atoms with Gasteiger partial charge >= 0.3 is 6.18 Å². The number of nitrogens with one attached hydrogen (secondary N) is 1. The fraction of sp³-hybridized carbons (Fsp3) is 0.174. The molecule has 0 bridgehead atoms.